The van der Waals surface area contributed by atoms with Crippen LogP contribution in [0.1, 0.15) is 23.1 Å². The van der Waals surface area contributed by atoms with Gasteiger partial charge in [0.15, 0.2) is 5.82 Å². The van der Waals surface area contributed by atoms with E-state index in [-0.39, 0.29) is 11.7 Å². The largest absolute Gasteiger partial charge is 0.348 e. The molecule has 0 aliphatic carbocycles. The molecule has 5 heteroatoms. The Hall–Kier alpha value is -1.91. The molecule has 0 bridgehead atoms. The van der Waals surface area contributed by atoms with Gasteiger partial charge in [0.1, 0.15) is 5.69 Å². The van der Waals surface area contributed by atoms with Gasteiger partial charge in [-0.15, -0.1) is 0 Å². The van der Waals surface area contributed by atoms with Gasteiger partial charge in [0.25, 0.3) is 5.91 Å². The zero-order valence-corrected chi connectivity index (χ0v) is 10.0. The van der Waals surface area contributed by atoms with Gasteiger partial charge in [-0.25, -0.2) is 4.39 Å². The number of hydrogen-bond donors (Lipinski definition) is 1. The van der Waals surface area contributed by atoms with Crippen molar-refractivity contribution in [2.45, 2.75) is 13.3 Å². The van der Waals surface area contributed by atoms with E-state index in [0.29, 0.717) is 28.7 Å². The number of nitrogens with zero attached hydrogens (tertiary/aromatic N) is 2. The van der Waals surface area contributed by atoms with Crippen molar-refractivity contribution in [1.29, 1.82) is 0 Å². The van der Waals surface area contributed by atoms with Gasteiger partial charge in [-0.1, -0.05) is 6.92 Å². The van der Waals surface area contributed by atoms with Crippen LogP contribution in [-0.2, 0) is 6.42 Å². The number of aryl methyl sites for hydroxylation is 1. The smallest absolute Gasteiger partial charge is 0.269 e. The highest BCUT2D eigenvalue weighted by Crippen LogP contribution is 2.20. The van der Waals surface area contributed by atoms with Gasteiger partial charge in [0, 0.05) is 25.7 Å². The quantitative estimate of drug-likeness (QED) is 0.865. The number of hydrogen-bond acceptors (Lipinski definition) is 2. The molecule has 2 rings (SSSR count). The second-order valence-electron chi connectivity index (χ2n) is 4.09. The summed E-state index contributed by atoms with van der Waals surface area (Å²) in [4.78, 5) is 20.0. The maximum atomic E-state index is 13.9. The van der Waals surface area contributed by atoms with Crippen LogP contribution in [0.15, 0.2) is 12.3 Å². The van der Waals surface area contributed by atoms with Gasteiger partial charge >= 0.3 is 0 Å². The number of carbonyl (C=O) groups excluding carboxylic acids is 1. The second-order valence-corrected chi connectivity index (χ2v) is 4.09. The van der Waals surface area contributed by atoms with Gasteiger partial charge in [0.05, 0.1) is 11.2 Å². The number of fused-ring (bicyclic) bond motifs is 1. The monoisotopic (exact) mass is 235 g/mol. The minimum Gasteiger partial charge on any atom is -0.348 e. The fraction of sp³-hybridized carbons (Fsp3) is 0.333. The average Bonchev–Trinajstić information content (AvgIpc) is 2.73. The van der Waals surface area contributed by atoms with Crippen LogP contribution >= 0.6 is 0 Å². The van der Waals surface area contributed by atoms with Crippen LogP contribution < -0.4 is 0 Å². The molecule has 2 aromatic heterocycles. The maximum Gasteiger partial charge on any atom is 0.269 e. The zero-order chi connectivity index (χ0) is 12.6. The molecule has 2 heterocycles. The number of aromatic amines is 1. The fourth-order valence-corrected chi connectivity index (χ4v) is 1.71. The fourth-order valence-electron chi connectivity index (χ4n) is 1.71. The van der Waals surface area contributed by atoms with Crippen LogP contribution in [0.25, 0.3) is 10.9 Å². The molecule has 1 amide bonds. The molecule has 0 atom stereocenters. The van der Waals surface area contributed by atoms with E-state index in [9.17, 15) is 9.18 Å². The minimum atomic E-state index is -0.372. The minimum absolute atomic E-state index is 0.182. The van der Waals surface area contributed by atoms with E-state index >= 15 is 0 Å². The Morgan fingerprint density at radius 2 is 2.24 bits per heavy atom. The molecular weight excluding hydrogens is 221 g/mol. The standard InChI is InChI=1S/C12H14FN3O/c1-4-8-10(13)11-7(6-14-8)5-9(15-11)12(17)16(2)3/h5-6,15H,4H2,1-3H3. The number of pyridine rings is 1. The Labute approximate surface area is 98.5 Å². The first kappa shape index (κ1) is 11.6. The Bertz CT molecular complexity index is 574. The lowest BCUT2D eigenvalue weighted by molar-refractivity contribution is 0.0823. The van der Waals surface area contributed by atoms with Gasteiger partial charge < -0.3 is 9.88 Å². The first-order valence-electron chi connectivity index (χ1n) is 5.42. The van der Waals surface area contributed by atoms with E-state index in [4.69, 9.17) is 0 Å². The molecule has 0 saturated heterocycles. The molecule has 0 unspecified atom stereocenters. The molecule has 0 saturated carbocycles. The maximum absolute atomic E-state index is 13.9. The van der Waals surface area contributed by atoms with Crippen LogP contribution in [0.3, 0.4) is 0 Å². The molecule has 0 aliphatic heterocycles. The molecule has 0 aliphatic rings. The van der Waals surface area contributed by atoms with E-state index in [1.165, 1.54) is 4.90 Å². The molecule has 0 spiro atoms. The summed E-state index contributed by atoms with van der Waals surface area (Å²) in [5.41, 5.74) is 1.13. The normalized spacial score (nSPS) is 10.8. The highest BCUT2D eigenvalue weighted by molar-refractivity contribution is 5.97. The first-order valence-corrected chi connectivity index (χ1v) is 5.42. The summed E-state index contributed by atoms with van der Waals surface area (Å²) in [5, 5.41) is 0.616. The molecule has 0 fully saturated rings. The van der Waals surface area contributed by atoms with E-state index in [0.717, 1.165) is 0 Å². The predicted octanol–water partition coefficient (Wildman–Crippen LogP) is 1.97. The van der Waals surface area contributed by atoms with Crippen molar-refractivity contribution in [3.05, 3.63) is 29.5 Å². The van der Waals surface area contributed by atoms with Gasteiger partial charge in [0.2, 0.25) is 0 Å². The summed E-state index contributed by atoms with van der Waals surface area (Å²) < 4.78 is 13.9. The van der Waals surface area contributed by atoms with Crippen LogP contribution in [-0.4, -0.2) is 34.9 Å². The topological polar surface area (TPSA) is 49.0 Å². The summed E-state index contributed by atoms with van der Waals surface area (Å²) in [5.74, 6) is -0.554. The molecular formula is C12H14FN3O. The van der Waals surface area contributed by atoms with Crippen LogP contribution in [0.4, 0.5) is 4.39 Å². The van der Waals surface area contributed by atoms with Crippen molar-refractivity contribution in [2.24, 2.45) is 0 Å². The van der Waals surface area contributed by atoms with Crippen molar-refractivity contribution in [1.82, 2.24) is 14.9 Å². The van der Waals surface area contributed by atoms with E-state index < -0.39 is 0 Å². The van der Waals surface area contributed by atoms with Gasteiger partial charge in [-0.3, -0.25) is 9.78 Å². The third kappa shape index (κ3) is 1.88. The third-order valence-electron chi connectivity index (χ3n) is 2.65. The number of carbonyl (C=O) groups is 1. The number of nitrogens with one attached hydrogen (secondary N) is 1. The highest BCUT2D eigenvalue weighted by Gasteiger charge is 2.15. The van der Waals surface area contributed by atoms with Crippen molar-refractivity contribution in [3.63, 3.8) is 0 Å². The Balaban J connectivity index is 2.58. The van der Waals surface area contributed by atoms with E-state index in [1.807, 2.05) is 6.92 Å². The highest BCUT2D eigenvalue weighted by atomic mass is 19.1. The lowest BCUT2D eigenvalue weighted by Crippen LogP contribution is -2.21. The second kappa shape index (κ2) is 4.16. The van der Waals surface area contributed by atoms with Gasteiger partial charge in [-0.05, 0) is 12.5 Å². The molecule has 4 nitrogen and oxygen atoms in total. The van der Waals surface area contributed by atoms with E-state index in [1.54, 1.807) is 26.4 Å². The van der Waals surface area contributed by atoms with Crippen molar-refractivity contribution >= 4 is 16.8 Å². The lowest BCUT2D eigenvalue weighted by Gasteiger charge is -2.07. The Kier molecular flexibility index (Phi) is 2.83. The summed E-state index contributed by atoms with van der Waals surface area (Å²) in [6, 6.07) is 1.62. The molecule has 1 N–H and O–H groups in total. The molecule has 90 valence electrons. The molecule has 17 heavy (non-hydrogen) atoms. The van der Waals surface area contributed by atoms with Crippen LogP contribution in [0.5, 0.6) is 0 Å². The average molecular weight is 235 g/mol. The summed E-state index contributed by atoms with van der Waals surface area (Å²) in [6.07, 6.45) is 2.11. The number of amides is 1. The zero-order valence-electron chi connectivity index (χ0n) is 10.0. The first-order chi connectivity index (χ1) is 8.04. The summed E-state index contributed by atoms with van der Waals surface area (Å²) in [7, 11) is 3.31. The lowest BCUT2D eigenvalue weighted by atomic mass is 10.2. The molecule has 0 aromatic carbocycles. The van der Waals surface area contributed by atoms with Crippen LogP contribution in [0.2, 0.25) is 0 Å². The van der Waals surface area contributed by atoms with E-state index in [2.05, 4.69) is 9.97 Å². The number of aromatic nitrogens is 2. The molecule has 0 radical (unpaired) electrons. The Morgan fingerprint density at radius 3 is 2.82 bits per heavy atom. The number of H-pyrrole nitrogens is 1. The molecule has 2 aromatic rings. The van der Waals surface area contributed by atoms with Crippen molar-refractivity contribution in [3.8, 4) is 0 Å². The van der Waals surface area contributed by atoms with Crippen molar-refractivity contribution < 1.29 is 9.18 Å². The summed E-state index contributed by atoms with van der Waals surface area (Å²) >= 11 is 0. The Morgan fingerprint density at radius 1 is 1.53 bits per heavy atom. The number of halogens is 1. The van der Waals surface area contributed by atoms with Gasteiger partial charge in [-0.2, -0.15) is 0 Å². The van der Waals surface area contributed by atoms with Crippen molar-refractivity contribution in [2.75, 3.05) is 14.1 Å². The van der Waals surface area contributed by atoms with Crippen LogP contribution in [0, 0.1) is 5.82 Å². The number of rotatable bonds is 2. The summed E-state index contributed by atoms with van der Waals surface area (Å²) in [6.45, 7) is 1.84. The predicted molar refractivity (Wildman–Crippen MR) is 63.4 cm³/mol. The third-order valence-corrected chi connectivity index (χ3v) is 2.65. The SMILES string of the molecule is CCc1ncc2cc(C(=O)N(C)C)[nH]c2c1F.